The van der Waals surface area contributed by atoms with Crippen molar-refractivity contribution in [3.05, 3.63) is 59.7 Å². The lowest BCUT2D eigenvalue weighted by molar-refractivity contribution is 0.108. The summed E-state index contributed by atoms with van der Waals surface area (Å²) in [6.45, 7) is 2.23. The quantitative estimate of drug-likeness (QED) is 0.462. The number of aryl methyl sites for hydroxylation is 1. The molecule has 0 aliphatic heterocycles. The zero-order valence-corrected chi connectivity index (χ0v) is 13.2. The largest absolute Gasteiger partial charge is 0.276 e. The van der Waals surface area contributed by atoms with E-state index in [0.717, 1.165) is 12.0 Å². The average Bonchev–Trinajstić information content (AvgIpc) is 2.52. The Morgan fingerprint density at radius 1 is 0.857 bits per heavy atom. The van der Waals surface area contributed by atoms with Crippen LogP contribution in [0, 0.1) is 0 Å². The topological polar surface area (TPSA) is 17.1 Å². The molecule has 110 valence electrons. The van der Waals surface area contributed by atoms with E-state index in [1.165, 1.54) is 36.8 Å². The lowest BCUT2D eigenvalue weighted by atomic mass is 10.0. The molecule has 0 bridgehead atoms. The second kappa shape index (κ2) is 7.99. The van der Waals surface area contributed by atoms with Crippen LogP contribution in [0.25, 0.3) is 11.1 Å². The summed E-state index contributed by atoms with van der Waals surface area (Å²) in [6, 6.07) is 16.1. The molecule has 0 atom stereocenters. The molecule has 0 radical (unpaired) electrons. The summed E-state index contributed by atoms with van der Waals surface area (Å²) in [4.78, 5) is 11.1. The van der Waals surface area contributed by atoms with E-state index in [-0.39, 0.29) is 0 Å². The van der Waals surface area contributed by atoms with Gasteiger partial charge in [-0.3, -0.25) is 4.79 Å². The average molecular weight is 301 g/mol. The van der Waals surface area contributed by atoms with Crippen LogP contribution in [0.3, 0.4) is 0 Å². The predicted octanol–water partition coefficient (Wildman–Crippen LogP) is 5.86. The van der Waals surface area contributed by atoms with Gasteiger partial charge in [0.1, 0.15) is 0 Å². The minimum atomic E-state index is -0.413. The van der Waals surface area contributed by atoms with Crippen LogP contribution in [0.1, 0.15) is 48.5 Å². The smallest absolute Gasteiger partial charge is 0.252 e. The first-order valence-corrected chi connectivity index (χ1v) is 7.97. The van der Waals surface area contributed by atoms with E-state index in [0.29, 0.717) is 5.56 Å². The van der Waals surface area contributed by atoms with E-state index in [4.69, 9.17) is 11.6 Å². The summed E-state index contributed by atoms with van der Waals surface area (Å²) < 4.78 is 0. The maximum absolute atomic E-state index is 11.1. The third kappa shape index (κ3) is 4.71. The van der Waals surface area contributed by atoms with E-state index in [2.05, 4.69) is 31.2 Å². The Morgan fingerprint density at radius 3 is 1.95 bits per heavy atom. The molecule has 0 heterocycles. The standard InChI is InChI=1S/C19H21ClO/c1-2-3-4-5-6-15-7-9-16(10-8-15)17-11-13-18(14-12-17)19(20)21/h7-14H,2-6H2,1H3. The van der Waals surface area contributed by atoms with Crippen molar-refractivity contribution in [2.45, 2.75) is 39.0 Å². The third-order valence-corrected chi connectivity index (χ3v) is 3.94. The minimum absolute atomic E-state index is 0.413. The van der Waals surface area contributed by atoms with Gasteiger partial charge >= 0.3 is 0 Å². The Hall–Kier alpha value is -1.60. The van der Waals surface area contributed by atoms with Gasteiger partial charge in [-0.15, -0.1) is 0 Å². The van der Waals surface area contributed by atoms with E-state index < -0.39 is 5.24 Å². The Balaban J connectivity index is 1.99. The second-order valence-corrected chi connectivity index (χ2v) is 5.70. The van der Waals surface area contributed by atoms with Crippen LogP contribution in [-0.4, -0.2) is 5.24 Å². The number of rotatable bonds is 7. The zero-order chi connectivity index (χ0) is 15.1. The second-order valence-electron chi connectivity index (χ2n) is 5.36. The van der Waals surface area contributed by atoms with Crippen molar-refractivity contribution in [3.63, 3.8) is 0 Å². The Morgan fingerprint density at radius 2 is 1.43 bits per heavy atom. The summed E-state index contributed by atoms with van der Waals surface area (Å²) in [5.74, 6) is 0. The van der Waals surface area contributed by atoms with Crippen LogP contribution >= 0.6 is 11.6 Å². The molecule has 21 heavy (non-hydrogen) atoms. The molecule has 0 saturated heterocycles. The van der Waals surface area contributed by atoms with Gasteiger partial charge in [0.15, 0.2) is 0 Å². The fourth-order valence-electron chi connectivity index (χ4n) is 2.41. The highest BCUT2D eigenvalue weighted by atomic mass is 35.5. The third-order valence-electron chi connectivity index (χ3n) is 3.72. The molecule has 1 nitrogen and oxygen atoms in total. The molecule has 0 amide bonds. The molecule has 2 aromatic carbocycles. The number of carbonyl (C=O) groups is 1. The first-order valence-electron chi connectivity index (χ1n) is 7.60. The molecule has 0 fully saturated rings. The normalized spacial score (nSPS) is 10.6. The summed E-state index contributed by atoms with van der Waals surface area (Å²) in [7, 11) is 0. The van der Waals surface area contributed by atoms with E-state index in [9.17, 15) is 4.79 Å². The van der Waals surface area contributed by atoms with Gasteiger partial charge in [-0.05, 0) is 53.3 Å². The van der Waals surface area contributed by atoms with E-state index in [1.807, 2.05) is 12.1 Å². The fourth-order valence-corrected chi connectivity index (χ4v) is 2.54. The molecule has 2 heteroatoms. The zero-order valence-electron chi connectivity index (χ0n) is 12.4. The van der Waals surface area contributed by atoms with Crippen molar-refractivity contribution < 1.29 is 4.79 Å². The lowest BCUT2D eigenvalue weighted by Gasteiger charge is -2.05. The minimum Gasteiger partial charge on any atom is -0.276 e. The molecule has 0 aliphatic carbocycles. The monoisotopic (exact) mass is 300 g/mol. The lowest BCUT2D eigenvalue weighted by Crippen LogP contribution is -1.89. The fraction of sp³-hybridized carbons (Fsp3) is 0.316. The van der Waals surface area contributed by atoms with Crippen LogP contribution in [-0.2, 0) is 6.42 Å². The van der Waals surface area contributed by atoms with Crippen molar-refractivity contribution >= 4 is 16.8 Å². The number of halogens is 1. The van der Waals surface area contributed by atoms with Crippen molar-refractivity contribution in [2.24, 2.45) is 0 Å². The van der Waals surface area contributed by atoms with E-state index >= 15 is 0 Å². The number of hydrogen-bond donors (Lipinski definition) is 0. The summed E-state index contributed by atoms with van der Waals surface area (Å²) in [5, 5.41) is -0.413. The molecule has 0 spiro atoms. The van der Waals surface area contributed by atoms with Crippen LogP contribution < -0.4 is 0 Å². The van der Waals surface area contributed by atoms with Gasteiger partial charge in [-0.25, -0.2) is 0 Å². The Labute approximate surface area is 132 Å². The predicted molar refractivity (Wildman–Crippen MR) is 89.9 cm³/mol. The molecule has 0 N–H and O–H groups in total. The van der Waals surface area contributed by atoms with Gasteiger partial charge in [-0.2, -0.15) is 0 Å². The summed E-state index contributed by atoms with van der Waals surface area (Å²) in [6.07, 6.45) is 6.33. The Bertz CT molecular complexity index is 570. The molecular weight excluding hydrogens is 280 g/mol. The van der Waals surface area contributed by atoms with Gasteiger partial charge in [0.25, 0.3) is 5.24 Å². The van der Waals surface area contributed by atoms with Crippen LogP contribution in [0.4, 0.5) is 0 Å². The highest BCUT2D eigenvalue weighted by Gasteiger charge is 2.03. The first-order chi connectivity index (χ1) is 10.2. The number of hydrogen-bond acceptors (Lipinski definition) is 1. The van der Waals surface area contributed by atoms with Crippen molar-refractivity contribution in [2.75, 3.05) is 0 Å². The van der Waals surface area contributed by atoms with Gasteiger partial charge in [-0.1, -0.05) is 62.6 Å². The van der Waals surface area contributed by atoms with Gasteiger partial charge in [0.05, 0.1) is 0 Å². The molecule has 2 aromatic rings. The highest BCUT2D eigenvalue weighted by molar-refractivity contribution is 6.67. The van der Waals surface area contributed by atoms with E-state index in [1.54, 1.807) is 12.1 Å². The van der Waals surface area contributed by atoms with Crippen molar-refractivity contribution in [1.29, 1.82) is 0 Å². The molecule has 0 unspecified atom stereocenters. The molecule has 0 aromatic heterocycles. The summed E-state index contributed by atoms with van der Waals surface area (Å²) in [5.41, 5.74) is 4.20. The maximum atomic E-state index is 11.1. The Kier molecular flexibility index (Phi) is 6.01. The number of benzene rings is 2. The van der Waals surface area contributed by atoms with Gasteiger partial charge in [0, 0.05) is 5.56 Å². The highest BCUT2D eigenvalue weighted by Crippen LogP contribution is 2.21. The SMILES string of the molecule is CCCCCCc1ccc(-c2ccc(C(=O)Cl)cc2)cc1. The van der Waals surface area contributed by atoms with Crippen LogP contribution in [0.5, 0.6) is 0 Å². The first kappa shape index (κ1) is 15.8. The van der Waals surface area contributed by atoms with Crippen molar-refractivity contribution in [3.8, 4) is 11.1 Å². The number of unbranched alkanes of at least 4 members (excludes halogenated alkanes) is 3. The van der Waals surface area contributed by atoms with Gasteiger partial charge in [0.2, 0.25) is 0 Å². The van der Waals surface area contributed by atoms with Crippen molar-refractivity contribution in [1.82, 2.24) is 0 Å². The molecule has 2 rings (SSSR count). The maximum Gasteiger partial charge on any atom is 0.252 e. The molecular formula is C19H21ClO. The van der Waals surface area contributed by atoms with Gasteiger partial charge < -0.3 is 0 Å². The molecule has 0 aliphatic rings. The number of carbonyl (C=O) groups excluding carboxylic acids is 1. The molecule has 0 saturated carbocycles. The van der Waals surface area contributed by atoms with Crippen LogP contribution in [0.15, 0.2) is 48.5 Å². The summed E-state index contributed by atoms with van der Waals surface area (Å²) >= 11 is 5.45. The van der Waals surface area contributed by atoms with Crippen LogP contribution in [0.2, 0.25) is 0 Å².